The number of pyridine rings is 2. The van der Waals surface area contributed by atoms with Crippen LogP contribution < -0.4 is 9.64 Å². The molecule has 134 valence electrons. The molecular formula is C20H22N4O2. The highest BCUT2D eigenvalue weighted by Gasteiger charge is 2.34. The van der Waals surface area contributed by atoms with Gasteiger partial charge in [0.1, 0.15) is 0 Å². The first kappa shape index (κ1) is 15.6. The quantitative estimate of drug-likeness (QED) is 0.848. The average Bonchev–Trinajstić information content (AvgIpc) is 3.25. The summed E-state index contributed by atoms with van der Waals surface area (Å²) in [6.07, 6.45) is 5.21. The molecule has 0 N–H and O–H groups in total. The second-order valence-electron chi connectivity index (χ2n) is 7.48. The summed E-state index contributed by atoms with van der Waals surface area (Å²) in [7, 11) is 0. The highest BCUT2D eigenvalue weighted by molar-refractivity contribution is 5.77. The van der Waals surface area contributed by atoms with Crippen LogP contribution >= 0.6 is 0 Å². The highest BCUT2D eigenvalue weighted by Crippen LogP contribution is 2.35. The zero-order chi connectivity index (χ0) is 17.7. The summed E-state index contributed by atoms with van der Waals surface area (Å²) in [6.45, 7) is 6.03. The molecule has 0 unspecified atom stereocenters. The second kappa shape index (κ2) is 5.97. The number of amides is 1. The van der Waals surface area contributed by atoms with Crippen LogP contribution in [0.15, 0.2) is 24.5 Å². The van der Waals surface area contributed by atoms with Crippen molar-refractivity contribution in [3.63, 3.8) is 0 Å². The maximum absolute atomic E-state index is 12.8. The van der Waals surface area contributed by atoms with Crippen LogP contribution in [0, 0.1) is 12.8 Å². The topological polar surface area (TPSA) is 58.6 Å². The Morgan fingerprint density at radius 1 is 1.31 bits per heavy atom. The van der Waals surface area contributed by atoms with E-state index in [1.165, 1.54) is 16.7 Å². The maximum Gasteiger partial charge on any atom is 0.223 e. The molecule has 0 radical (unpaired) electrons. The molecule has 0 aromatic carbocycles. The minimum atomic E-state index is 0.235. The van der Waals surface area contributed by atoms with E-state index in [2.05, 4.69) is 27.9 Å². The lowest BCUT2D eigenvalue weighted by Gasteiger charge is -2.41. The third-order valence-corrected chi connectivity index (χ3v) is 5.81. The minimum absolute atomic E-state index is 0.235. The lowest BCUT2D eigenvalue weighted by Crippen LogP contribution is -2.48. The molecule has 1 amide bonds. The summed E-state index contributed by atoms with van der Waals surface area (Å²) in [5.74, 6) is 1.44. The van der Waals surface area contributed by atoms with Gasteiger partial charge >= 0.3 is 0 Å². The van der Waals surface area contributed by atoms with Gasteiger partial charge in [-0.15, -0.1) is 0 Å². The Morgan fingerprint density at radius 2 is 2.19 bits per heavy atom. The van der Waals surface area contributed by atoms with Crippen molar-refractivity contribution in [2.24, 2.45) is 5.92 Å². The number of ether oxygens (including phenoxy) is 1. The molecule has 3 aliphatic rings. The van der Waals surface area contributed by atoms with E-state index in [1.54, 1.807) is 6.20 Å². The number of fused-ring (bicyclic) bond motifs is 2. The molecule has 0 bridgehead atoms. The van der Waals surface area contributed by atoms with Gasteiger partial charge in [0, 0.05) is 50.2 Å². The standard InChI is InChI=1S/C20H22N4O2/c1-13-16-4-6-26-20(16)22-18-12-24(11-17(13)18)19(25)7-14-9-23(10-14)15-3-2-5-21-8-15/h2-3,5,8,14H,4,6-7,9-12H2,1H3. The van der Waals surface area contributed by atoms with Crippen molar-refractivity contribution in [2.45, 2.75) is 32.9 Å². The van der Waals surface area contributed by atoms with Gasteiger partial charge in [-0.25, -0.2) is 4.98 Å². The van der Waals surface area contributed by atoms with Gasteiger partial charge in [0.25, 0.3) is 0 Å². The van der Waals surface area contributed by atoms with Crippen molar-refractivity contribution >= 4 is 11.6 Å². The fourth-order valence-corrected chi connectivity index (χ4v) is 4.25. The lowest BCUT2D eigenvalue weighted by atomic mass is 9.95. The summed E-state index contributed by atoms with van der Waals surface area (Å²) in [6, 6.07) is 4.02. The van der Waals surface area contributed by atoms with E-state index in [0.717, 1.165) is 43.4 Å². The van der Waals surface area contributed by atoms with Gasteiger partial charge in [-0.2, -0.15) is 0 Å². The van der Waals surface area contributed by atoms with Gasteiger partial charge in [-0.1, -0.05) is 0 Å². The molecule has 5 heterocycles. The largest absolute Gasteiger partial charge is 0.477 e. The van der Waals surface area contributed by atoms with Crippen molar-refractivity contribution in [3.8, 4) is 5.88 Å². The normalized spacial score (nSPS) is 18.3. The van der Waals surface area contributed by atoms with Crippen molar-refractivity contribution in [1.82, 2.24) is 14.9 Å². The van der Waals surface area contributed by atoms with Gasteiger partial charge in [0.05, 0.1) is 30.7 Å². The molecule has 6 nitrogen and oxygen atoms in total. The molecule has 0 spiro atoms. The van der Waals surface area contributed by atoms with Crippen molar-refractivity contribution in [3.05, 3.63) is 46.9 Å². The number of hydrogen-bond acceptors (Lipinski definition) is 5. The number of rotatable bonds is 3. The molecule has 2 aromatic heterocycles. The van der Waals surface area contributed by atoms with E-state index >= 15 is 0 Å². The maximum atomic E-state index is 12.8. The molecule has 1 fully saturated rings. The Hall–Kier alpha value is -2.63. The fraction of sp³-hybridized carbons (Fsp3) is 0.450. The Kier molecular flexibility index (Phi) is 3.58. The highest BCUT2D eigenvalue weighted by atomic mass is 16.5. The number of carbonyl (C=O) groups is 1. The third kappa shape index (κ3) is 2.52. The smallest absolute Gasteiger partial charge is 0.223 e. The summed E-state index contributed by atoms with van der Waals surface area (Å²) >= 11 is 0. The molecule has 0 atom stereocenters. The summed E-state index contributed by atoms with van der Waals surface area (Å²) < 4.78 is 5.62. The summed E-state index contributed by atoms with van der Waals surface area (Å²) in [4.78, 5) is 25.8. The van der Waals surface area contributed by atoms with E-state index in [-0.39, 0.29) is 5.91 Å². The molecule has 1 saturated heterocycles. The van der Waals surface area contributed by atoms with Crippen LogP contribution in [0.5, 0.6) is 5.88 Å². The van der Waals surface area contributed by atoms with Crippen LogP contribution in [0.4, 0.5) is 5.69 Å². The first-order valence-corrected chi connectivity index (χ1v) is 9.26. The molecule has 0 saturated carbocycles. The first-order valence-electron chi connectivity index (χ1n) is 9.26. The number of anilines is 1. The van der Waals surface area contributed by atoms with E-state index in [1.807, 2.05) is 17.2 Å². The number of nitrogens with zero attached hydrogens (tertiary/aromatic N) is 4. The molecule has 2 aromatic rings. The molecule has 3 aliphatic heterocycles. The Morgan fingerprint density at radius 3 is 3.00 bits per heavy atom. The molecule has 0 aliphatic carbocycles. The van der Waals surface area contributed by atoms with E-state index < -0.39 is 0 Å². The summed E-state index contributed by atoms with van der Waals surface area (Å²) in [5.41, 5.74) is 5.88. The molecule has 26 heavy (non-hydrogen) atoms. The molecular weight excluding hydrogens is 328 g/mol. The van der Waals surface area contributed by atoms with Crippen LogP contribution in [0.3, 0.4) is 0 Å². The number of aromatic nitrogens is 2. The van der Waals surface area contributed by atoms with Crippen molar-refractivity contribution in [2.75, 3.05) is 24.6 Å². The van der Waals surface area contributed by atoms with E-state index in [4.69, 9.17) is 4.74 Å². The van der Waals surface area contributed by atoms with Crippen molar-refractivity contribution in [1.29, 1.82) is 0 Å². The average molecular weight is 350 g/mol. The van der Waals surface area contributed by atoms with Gasteiger partial charge in [-0.05, 0) is 30.2 Å². The van der Waals surface area contributed by atoms with Crippen LogP contribution in [0.1, 0.15) is 28.8 Å². The Labute approximate surface area is 152 Å². The minimum Gasteiger partial charge on any atom is -0.477 e. The van der Waals surface area contributed by atoms with Crippen LogP contribution in [-0.4, -0.2) is 40.5 Å². The number of carbonyl (C=O) groups excluding carboxylic acids is 1. The molecule has 6 heteroatoms. The van der Waals surface area contributed by atoms with Crippen LogP contribution in [0.2, 0.25) is 0 Å². The lowest BCUT2D eigenvalue weighted by molar-refractivity contribution is -0.133. The van der Waals surface area contributed by atoms with Gasteiger partial charge < -0.3 is 14.5 Å². The van der Waals surface area contributed by atoms with Crippen LogP contribution in [-0.2, 0) is 24.3 Å². The van der Waals surface area contributed by atoms with E-state index in [0.29, 0.717) is 25.4 Å². The van der Waals surface area contributed by atoms with E-state index in [9.17, 15) is 4.79 Å². The fourth-order valence-electron chi connectivity index (χ4n) is 4.25. The third-order valence-electron chi connectivity index (χ3n) is 5.81. The predicted molar refractivity (Wildman–Crippen MR) is 97.0 cm³/mol. The van der Waals surface area contributed by atoms with Gasteiger partial charge in [0.15, 0.2) is 0 Å². The molecule has 5 rings (SSSR count). The summed E-state index contributed by atoms with van der Waals surface area (Å²) in [5, 5.41) is 0. The first-order chi connectivity index (χ1) is 12.7. The van der Waals surface area contributed by atoms with Crippen LogP contribution in [0.25, 0.3) is 0 Å². The van der Waals surface area contributed by atoms with Gasteiger partial charge in [0.2, 0.25) is 11.8 Å². The Bertz CT molecular complexity index is 862. The van der Waals surface area contributed by atoms with Gasteiger partial charge in [-0.3, -0.25) is 9.78 Å². The SMILES string of the molecule is Cc1c2c(nc3c1CCO3)CN(C(=O)CC1CN(c3cccnc3)C1)C2. The van der Waals surface area contributed by atoms with Crippen molar-refractivity contribution < 1.29 is 9.53 Å². The predicted octanol–water partition coefficient (Wildman–Crippen LogP) is 2.09. The number of hydrogen-bond donors (Lipinski definition) is 0. The zero-order valence-electron chi connectivity index (χ0n) is 14.9. The monoisotopic (exact) mass is 350 g/mol. The Balaban J connectivity index is 1.21. The second-order valence-corrected chi connectivity index (χ2v) is 7.48. The zero-order valence-corrected chi connectivity index (χ0v) is 14.9.